The van der Waals surface area contributed by atoms with Crippen LogP contribution in [0.2, 0.25) is 5.02 Å². The monoisotopic (exact) mass is 455 g/mol. The van der Waals surface area contributed by atoms with E-state index in [2.05, 4.69) is 10.2 Å². The van der Waals surface area contributed by atoms with Crippen LogP contribution < -0.4 is 15.5 Å². The van der Waals surface area contributed by atoms with Crippen molar-refractivity contribution in [2.24, 2.45) is 0 Å². The van der Waals surface area contributed by atoms with Gasteiger partial charge < -0.3 is 19.4 Å². The second-order valence-electron chi connectivity index (χ2n) is 8.00. The Bertz CT molecular complexity index is 1260. The molecule has 1 atom stereocenters. The van der Waals surface area contributed by atoms with E-state index in [0.29, 0.717) is 41.4 Å². The molecule has 3 aromatic rings. The van der Waals surface area contributed by atoms with Crippen molar-refractivity contribution >= 4 is 28.4 Å². The van der Waals surface area contributed by atoms with E-state index in [1.165, 1.54) is 6.20 Å². The number of ether oxygens (including phenoxy) is 2. The van der Waals surface area contributed by atoms with Crippen molar-refractivity contribution in [3.63, 3.8) is 0 Å². The molecule has 166 valence electrons. The molecule has 1 aromatic heterocycles. The quantitative estimate of drug-likeness (QED) is 0.640. The average molecular weight is 456 g/mol. The summed E-state index contributed by atoms with van der Waals surface area (Å²) in [6.45, 7) is 3.33. The number of halogens is 1. The fourth-order valence-electron chi connectivity index (χ4n) is 4.15. The van der Waals surface area contributed by atoms with Crippen LogP contribution in [0, 0.1) is 0 Å². The van der Waals surface area contributed by atoms with Gasteiger partial charge in [0.1, 0.15) is 17.9 Å². The van der Waals surface area contributed by atoms with E-state index in [1.54, 1.807) is 16.7 Å². The van der Waals surface area contributed by atoms with Gasteiger partial charge in [0, 0.05) is 37.4 Å². The van der Waals surface area contributed by atoms with Crippen LogP contribution >= 0.6 is 11.6 Å². The van der Waals surface area contributed by atoms with E-state index in [-0.39, 0.29) is 24.1 Å². The van der Waals surface area contributed by atoms with Crippen molar-refractivity contribution < 1.29 is 15.6 Å². The molecular weight excluding hydrogens is 430 g/mol. The molecule has 0 radical (unpaired) electrons. The second-order valence-corrected chi connectivity index (χ2v) is 8.43. The number of aromatic nitrogens is 1. The highest BCUT2D eigenvalue weighted by atomic mass is 35.5. The number of nitrogens with one attached hydrogen (secondary N) is 1. The van der Waals surface area contributed by atoms with Crippen molar-refractivity contribution in [2.45, 2.75) is 19.6 Å². The standard InChI is InChI=1S/C24H24ClN3O4/c25-18-3-1-16(2-4-18)13-26-24(30)20-15-28-7-10-32-21-12-17(11-19(22(21)28)23(20)29)14-27-5-8-31-9-6-27/h1-4,11-12,15H,5-10,13-14H2,(H,26,30)/i10T. The van der Waals surface area contributed by atoms with Crippen LogP contribution in [0.3, 0.4) is 0 Å². The van der Waals surface area contributed by atoms with Crippen LogP contribution in [0.15, 0.2) is 47.4 Å². The highest BCUT2D eigenvalue weighted by molar-refractivity contribution is 6.30. The summed E-state index contributed by atoms with van der Waals surface area (Å²) in [7, 11) is 0. The number of nitrogens with zero attached hydrogens (tertiary/aromatic N) is 2. The Balaban J connectivity index is 1.49. The van der Waals surface area contributed by atoms with Crippen molar-refractivity contribution in [2.75, 3.05) is 32.9 Å². The van der Waals surface area contributed by atoms with E-state index < -0.39 is 12.5 Å². The number of aryl methyl sites for hydroxylation is 1. The van der Waals surface area contributed by atoms with Gasteiger partial charge in [-0.25, -0.2) is 0 Å². The van der Waals surface area contributed by atoms with Crippen molar-refractivity contribution in [1.29, 1.82) is 0 Å². The molecule has 0 spiro atoms. The summed E-state index contributed by atoms with van der Waals surface area (Å²) < 4.78 is 21.1. The van der Waals surface area contributed by atoms with Gasteiger partial charge in [0.05, 0.1) is 32.0 Å². The van der Waals surface area contributed by atoms with E-state index in [1.807, 2.05) is 24.3 Å². The van der Waals surface area contributed by atoms with Crippen molar-refractivity contribution in [3.05, 3.63) is 74.5 Å². The van der Waals surface area contributed by atoms with Crippen molar-refractivity contribution in [3.8, 4) is 5.75 Å². The molecule has 1 N–H and O–H groups in total. The Kier molecular flexibility index (Phi) is 5.53. The Hall–Kier alpha value is -2.87. The van der Waals surface area contributed by atoms with Gasteiger partial charge in [0.25, 0.3) is 5.91 Å². The summed E-state index contributed by atoms with van der Waals surface area (Å²) in [5.41, 5.74) is 2.14. The van der Waals surface area contributed by atoms with Crippen LogP contribution in [-0.2, 0) is 24.4 Å². The Labute approximate surface area is 191 Å². The summed E-state index contributed by atoms with van der Waals surface area (Å²) in [5.74, 6) is 0.0565. The molecule has 0 aliphatic carbocycles. The molecule has 5 rings (SSSR count). The van der Waals surface area contributed by atoms with E-state index in [4.69, 9.17) is 22.4 Å². The Morgan fingerprint density at radius 3 is 2.69 bits per heavy atom. The molecule has 32 heavy (non-hydrogen) atoms. The lowest BCUT2D eigenvalue weighted by atomic mass is 10.0. The van der Waals surface area contributed by atoms with E-state index in [9.17, 15) is 9.59 Å². The number of carbonyl (C=O) groups excluding carboxylic acids is 1. The van der Waals surface area contributed by atoms with E-state index >= 15 is 0 Å². The molecule has 2 aromatic carbocycles. The third-order valence-corrected chi connectivity index (χ3v) is 6.05. The number of pyridine rings is 1. The minimum atomic E-state index is -0.813. The molecule has 1 unspecified atom stereocenters. The maximum atomic E-state index is 13.4. The predicted octanol–water partition coefficient (Wildman–Crippen LogP) is 2.81. The molecule has 1 saturated heterocycles. The zero-order valence-corrected chi connectivity index (χ0v) is 18.2. The summed E-state index contributed by atoms with van der Waals surface area (Å²) in [6.07, 6.45) is 1.54. The molecule has 0 saturated carbocycles. The highest BCUT2D eigenvalue weighted by Crippen LogP contribution is 2.30. The smallest absolute Gasteiger partial charge is 0.257 e. The lowest BCUT2D eigenvalue weighted by Crippen LogP contribution is -2.35. The first-order chi connectivity index (χ1) is 16.0. The van der Waals surface area contributed by atoms with Gasteiger partial charge in [-0.1, -0.05) is 23.7 Å². The number of amides is 1. The Morgan fingerprint density at radius 2 is 1.91 bits per heavy atom. The minimum Gasteiger partial charge on any atom is -0.490 e. The third-order valence-electron chi connectivity index (χ3n) is 5.80. The number of carbonyl (C=O) groups is 1. The lowest BCUT2D eigenvalue weighted by Gasteiger charge is -2.27. The van der Waals surface area contributed by atoms with Gasteiger partial charge >= 0.3 is 0 Å². The predicted molar refractivity (Wildman–Crippen MR) is 122 cm³/mol. The van der Waals surface area contributed by atoms with Gasteiger partial charge in [0.15, 0.2) is 0 Å². The number of benzene rings is 2. The highest BCUT2D eigenvalue weighted by Gasteiger charge is 2.22. The van der Waals surface area contributed by atoms with Gasteiger partial charge in [-0.15, -0.1) is 0 Å². The zero-order valence-electron chi connectivity index (χ0n) is 18.5. The molecule has 8 heteroatoms. The van der Waals surface area contributed by atoms with Gasteiger partial charge in [-0.05, 0) is 35.4 Å². The number of morpholine rings is 1. The Morgan fingerprint density at radius 1 is 1.12 bits per heavy atom. The van der Waals surface area contributed by atoms with Gasteiger partial charge in [-0.2, -0.15) is 0 Å². The molecule has 3 heterocycles. The number of hydrogen-bond donors (Lipinski definition) is 1. The maximum Gasteiger partial charge on any atom is 0.257 e. The topological polar surface area (TPSA) is 72.8 Å². The van der Waals surface area contributed by atoms with Crippen LogP contribution in [0.25, 0.3) is 10.9 Å². The molecule has 2 aliphatic rings. The molecule has 0 bridgehead atoms. The van der Waals surface area contributed by atoms with Crippen molar-refractivity contribution in [1.82, 2.24) is 14.8 Å². The zero-order chi connectivity index (χ0) is 22.9. The van der Waals surface area contributed by atoms with Crippen LogP contribution in [0.4, 0.5) is 0 Å². The van der Waals surface area contributed by atoms with Crippen LogP contribution in [-0.4, -0.2) is 48.3 Å². The molecule has 1 amide bonds. The van der Waals surface area contributed by atoms with Gasteiger partial charge in [-0.3, -0.25) is 14.5 Å². The third kappa shape index (κ3) is 4.24. The molecule has 1 fully saturated rings. The SMILES string of the molecule is [3H]C1Cn2cc(C(=O)NCc3ccc(Cl)cc3)c(=O)c3cc(CN4CCOCC4)cc(c32)O1. The molecule has 2 aliphatic heterocycles. The van der Waals surface area contributed by atoms with Crippen LogP contribution in [0.1, 0.15) is 22.9 Å². The summed E-state index contributed by atoms with van der Waals surface area (Å²) in [6, 6.07) is 10.9. The fraction of sp³-hybridized carbons (Fsp3) is 0.333. The fourth-order valence-corrected chi connectivity index (χ4v) is 4.28. The first kappa shape index (κ1) is 19.8. The van der Waals surface area contributed by atoms with Crippen LogP contribution in [0.5, 0.6) is 5.75 Å². The lowest BCUT2D eigenvalue weighted by molar-refractivity contribution is 0.0342. The summed E-state index contributed by atoms with van der Waals surface area (Å²) in [4.78, 5) is 28.6. The number of hydrogen-bond acceptors (Lipinski definition) is 5. The normalized spacial score (nSPS) is 18.8. The first-order valence-corrected chi connectivity index (χ1v) is 11.0. The van der Waals surface area contributed by atoms with E-state index in [0.717, 1.165) is 24.2 Å². The molecule has 7 nitrogen and oxygen atoms in total. The largest absolute Gasteiger partial charge is 0.490 e. The second kappa shape index (κ2) is 8.94. The first-order valence-electron chi connectivity index (χ1n) is 11.2. The average Bonchev–Trinajstić information content (AvgIpc) is 2.81. The maximum absolute atomic E-state index is 13.4. The molecular formula is C24H24ClN3O4. The summed E-state index contributed by atoms with van der Waals surface area (Å²) >= 11 is 5.92. The summed E-state index contributed by atoms with van der Waals surface area (Å²) in [5, 5.41) is 3.87. The van der Waals surface area contributed by atoms with Gasteiger partial charge in [0.2, 0.25) is 5.43 Å². The number of rotatable bonds is 5. The minimum absolute atomic E-state index is 0.0556.